The second-order valence-corrected chi connectivity index (χ2v) is 10.7. The summed E-state index contributed by atoms with van der Waals surface area (Å²) in [5.41, 5.74) is 2.05. The first kappa shape index (κ1) is 22.7. The number of ether oxygens (including phenoxy) is 1. The van der Waals surface area contributed by atoms with E-state index in [1.54, 1.807) is 35.2 Å². The van der Waals surface area contributed by atoms with Gasteiger partial charge in [-0.05, 0) is 73.2 Å². The van der Waals surface area contributed by atoms with E-state index in [4.69, 9.17) is 4.74 Å². The Hall–Kier alpha value is -2.49. The average molecular weight is 533 g/mol. The minimum absolute atomic E-state index is 0.00464. The number of nitrogens with zero attached hydrogens (tertiary/aromatic N) is 1. The van der Waals surface area contributed by atoms with Crippen LogP contribution in [-0.2, 0) is 14.8 Å². The van der Waals surface area contributed by atoms with E-state index in [0.29, 0.717) is 18.0 Å². The van der Waals surface area contributed by atoms with Crippen molar-refractivity contribution in [1.82, 2.24) is 0 Å². The Labute approximate surface area is 200 Å². The molecule has 0 aromatic heterocycles. The number of carbonyl (C=O) groups is 1. The highest BCUT2D eigenvalue weighted by molar-refractivity contribution is 9.10. The fraction of sp³-hybridized carbons (Fsp3) is 0.174. The Balaban J connectivity index is 1.59. The minimum Gasteiger partial charge on any atom is -0.494 e. The number of carbonyl (C=O) groups excluding carboxylic acids is 1. The number of rotatable bonds is 7. The van der Waals surface area contributed by atoms with E-state index in [1.165, 1.54) is 23.9 Å². The Morgan fingerprint density at radius 2 is 1.81 bits per heavy atom. The fourth-order valence-corrected chi connectivity index (χ4v) is 5.88. The van der Waals surface area contributed by atoms with Gasteiger partial charge in [0.15, 0.2) is 0 Å². The summed E-state index contributed by atoms with van der Waals surface area (Å²) in [5, 5.41) is -0.252. The molecule has 1 aliphatic heterocycles. The van der Waals surface area contributed by atoms with Gasteiger partial charge in [-0.15, -0.1) is 11.8 Å². The molecule has 9 heteroatoms. The van der Waals surface area contributed by atoms with Crippen LogP contribution in [0.3, 0.4) is 0 Å². The first-order valence-electron chi connectivity index (χ1n) is 9.92. The molecule has 1 aliphatic rings. The predicted octanol–water partition coefficient (Wildman–Crippen LogP) is 5.43. The van der Waals surface area contributed by atoms with Gasteiger partial charge in [-0.2, -0.15) is 0 Å². The molecule has 1 atom stereocenters. The van der Waals surface area contributed by atoms with Crippen LogP contribution in [0, 0.1) is 0 Å². The first-order chi connectivity index (χ1) is 15.4. The van der Waals surface area contributed by atoms with Crippen LogP contribution in [0.2, 0.25) is 0 Å². The molecule has 6 nitrogen and oxygen atoms in total. The molecule has 166 valence electrons. The van der Waals surface area contributed by atoms with Crippen molar-refractivity contribution in [3.63, 3.8) is 0 Å². The lowest BCUT2D eigenvalue weighted by Crippen LogP contribution is -2.27. The maximum absolute atomic E-state index is 12.8. The summed E-state index contributed by atoms with van der Waals surface area (Å²) in [5.74, 6) is 1.11. The van der Waals surface area contributed by atoms with Gasteiger partial charge in [0.2, 0.25) is 5.91 Å². The van der Waals surface area contributed by atoms with Crippen LogP contribution in [0.25, 0.3) is 0 Å². The molecule has 3 aromatic carbocycles. The van der Waals surface area contributed by atoms with Gasteiger partial charge in [0.25, 0.3) is 10.0 Å². The largest absolute Gasteiger partial charge is 0.494 e. The van der Waals surface area contributed by atoms with Crippen molar-refractivity contribution >= 4 is 55.0 Å². The summed E-state index contributed by atoms with van der Waals surface area (Å²) in [7, 11) is -3.73. The smallest absolute Gasteiger partial charge is 0.261 e. The Bertz CT molecular complexity index is 1220. The molecule has 1 N–H and O–H groups in total. The van der Waals surface area contributed by atoms with Crippen molar-refractivity contribution < 1.29 is 17.9 Å². The number of hydrogen-bond acceptors (Lipinski definition) is 5. The van der Waals surface area contributed by atoms with Crippen LogP contribution in [0.15, 0.2) is 82.2 Å². The summed E-state index contributed by atoms with van der Waals surface area (Å²) < 4.78 is 34.4. The third-order valence-corrected chi connectivity index (χ3v) is 7.98. The van der Waals surface area contributed by atoms with Crippen molar-refractivity contribution in [3.05, 3.63) is 82.8 Å². The monoisotopic (exact) mass is 532 g/mol. The molecule has 1 heterocycles. The number of benzene rings is 3. The molecule has 0 saturated carbocycles. The second-order valence-electron chi connectivity index (χ2n) is 7.04. The number of thioether (sulfide) groups is 1. The van der Waals surface area contributed by atoms with Gasteiger partial charge in [0, 0.05) is 15.8 Å². The zero-order chi connectivity index (χ0) is 22.7. The van der Waals surface area contributed by atoms with Gasteiger partial charge in [-0.1, -0.05) is 28.1 Å². The quantitative estimate of drug-likeness (QED) is 0.439. The van der Waals surface area contributed by atoms with Crippen molar-refractivity contribution in [1.29, 1.82) is 0 Å². The highest BCUT2D eigenvalue weighted by Gasteiger charge is 2.34. The van der Waals surface area contributed by atoms with Gasteiger partial charge in [0.05, 0.1) is 17.3 Å². The fourth-order valence-electron chi connectivity index (χ4n) is 3.40. The van der Waals surface area contributed by atoms with E-state index in [2.05, 4.69) is 20.7 Å². The molecule has 0 unspecified atom stereocenters. The molecule has 0 spiro atoms. The standard InChI is InChI=1S/C23H21BrN2O4S2/c1-2-30-20-10-8-19(9-11-20)26-22(27)15-31-23(26)16-4-3-5-18(14-16)25-32(28,29)21-12-6-17(24)7-13-21/h3-14,23,25H,2,15H2,1H3/t23-/m0/s1. The lowest BCUT2D eigenvalue weighted by molar-refractivity contribution is -0.115. The second kappa shape index (κ2) is 9.56. The average Bonchev–Trinajstić information content (AvgIpc) is 3.16. The van der Waals surface area contributed by atoms with E-state index in [-0.39, 0.29) is 16.2 Å². The molecule has 1 fully saturated rings. The minimum atomic E-state index is -3.73. The van der Waals surface area contributed by atoms with Gasteiger partial charge in [0.1, 0.15) is 11.1 Å². The zero-order valence-corrected chi connectivity index (χ0v) is 20.4. The van der Waals surface area contributed by atoms with Crippen molar-refractivity contribution in [2.24, 2.45) is 0 Å². The van der Waals surface area contributed by atoms with E-state index in [0.717, 1.165) is 21.5 Å². The Morgan fingerprint density at radius 3 is 2.50 bits per heavy atom. The van der Waals surface area contributed by atoms with E-state index in [9.17, 15) is 13.2 Å². The summed E-state index contributed by atoms with van der Waals surface area (Å²) in [4.78, 5) is 14.6. The van der Waals surface area contributed by atoms with E-state index in [1.807, 2.05) is 37.3 Å². The normalized spacial score (nSPS) is 16.2. The van der Waals surface area contributed by atoms with Gasteiger partial charge < -0.3 is 4.74 Å². The van der Waals surface area contributed by atoms with Crippen LogP contribution >= 0.6 is 27.7 Å². The molecule has 4 rings (SSSR count). The zero-order valence-electron chi connectivity index (χ0n) is 17.2. The molecule has 32 heavy (non-hydrogen) atoms. The number of nitrogens with one attached hydrogen (secondary N) is 1. The Morgan fingerprint density at radius 1 is 1.09 bits per heavy atom. The highest BCUT2D eigenvalue weighted by atomic mass is 79.9. The molecule has 3 aromatic rings. The van der Waals surface area contributed by atoms with Gasteiger partial charge >= 0.3 is 0 Å². The third-order valence-electron chi connectivity index (χ3n) is 4.84. The number of halogens is 1. The summed E-state index contributed by atoms with van der Waals surface area (Å²) >= 11 is 4.82. The molecular formula is C23H21BrN2O4S2. The van der Waals surface area contributed by atoms with Crippen LogP contribution in [0.1, 0.15) is 17.9 Å². The van der Waals surface area contributed by atoms with Gasteiger partial charge in [-0.25, -0.2) is 8.42 Å². The third kappa shape index (κ3) is 4.95. The maximum atomic E-state index is 12.8. The molecular weight excluding hydrogens is 512 g/mol. The van der Waals surface area contributed by atoms with E-state index >= 15 is 0 Å². The summed E-state index contributed by atoms with van der Waals surface area (Å²) in [6.07, 6.45) is 0. The summed E-state index contributed by atoms with van der Waals surface area (Å²) in [6.45, 7) is 2.49. The number of amides is 1. The Kier molecular flexibility index (Phi) is 6.78. The van der Waals surface area contributed by atoms with Crippen LogP contribution in [0.5, 0.6) is 5.75 Å². The number of sulfonamides is 1. The summed E-state index contributed by atoms with van der Waals surface area (Å²) in [6, 6.07) is 21.0. The SMILES string of the molecule is CCOc1ccc(N2C(=O)CS[C@H]2c2cccc(NS(=O)(=O)c3ccc(Br)cc3)c2)cc1. The van der Waals surface area contributed by atoms with Crippen LogP contribution in [-0.4, -0.2) is 26.7 Å². The topological polar surface area (TPSA) is 75.7 Å². The predicted molar refractivity (Wildman–Crippen MR) is 132 cm³/mol. The van der Waals surface area contributed by atoms with Crippen LogP contribution < -0.4 is 14.4 Å². The number of anilines is 2. The maximum Gasteiger partial charge on any atom is 0.261 e. The first-order valence-corrected chi connectivity index (χ1v) is 13.2. The molecule has 0 radical (unpaired) electrons. The van der Waals surface area contributed by atoms with Crippen molar-refractivity contribution in [2.75, 3.05) is 22.0 Å². The lowest BCUT2D eigenvalue weighted by Gasteiger charge is -2.25. The molecule has 0 bridgehead atoms. The van der Waals surface area contributed by atoms with Crippen LogP contribution in [0.4, 0.5) is 11.4 Å². The number of hydrogen-bond donors (Lipinski definition) is 1. The van der Waals surface area contributed by atoms with Gasteiger partial charge in [-0.3, -0.25) is 14.4 Å². The molecule has 1 saturated heterocycles. The van der Waals surface area contributed by atoms with Crippen molar-refractivity contribution in [2.45, 2.75) is 17.2 Å². The lowest BCUT2D eigenvalue weighted by atomic mass is 10.1. The van der Waals surface area contributed by atoms with Crippen molar-refractivity contribution in [3.8, 4) is 5.75 Å². The molecule has 1 amide bonds. The molecule has 0 aliphatic carbocycles. The van der Waals surface area contributed by atoms with E-state index < -0.39 is 10.0 Å². The highest BCUT2D eigenvalue weighted by Crippen LogP contribution is 2.42.